The van der Waals surface area contributed by atoms with Crippen molar-refractivity contribution in [1.82, 2.24) is 0 Å². The van der Waals surface area contributed by atoms with Crippen molar-refractivity contribution in [1.29, 1.82) is 5.41 Å². The van der Waals surface area contributed by atoms with Gasteiger partial charge in [-0.25, -0.2) is 0 Å². The number of aliphatic hydroxyl groups excluding tert-OH is 1. The average molecular weight is 545 g/mol. The van der Waals surface area contributed by atoms with Crippen molar-refractivity contribution < 1.29 is 24.1 Å². The Hall–Kier alpha value is -4.23. The molecule has 7 nitrogen and oxygen atoms in total. The lowest BCUT2D eigenvalue weighted by atomic mass is 9.73. The SMILES string of the molecule is COc1cc(C2C3=C(CCCC3=O)N(c3ccccc3Cl)C(=N)/C2=C(/O)c2ccccc2)cc(OC)c1OC. The molecule has 0 spiro atoms. The molecule has 200 valence electrons. The number of hydrogen-bond acceptors (Lipinski definition) is 6. The van der Waals surface area contributed by atoms with E-state index in [0.717, 1.165) is 0 Å². The first kappa shape index (κ1) is 26.4. The van der Waals surface area contributed by atoms with Crippen molar-refractivity contribution in [3.63, 3.8) is 0 Å². The van der Waals surface area contributed by atoms with Crippen molar-refractivity contribution in [2.45, 2.75) is 25.2 Å². The van der Waals surface area contributed by atoms with E-state index in [4.69, 9.17) is 25.8 Å². The molecule has 5 rings (SSSR count). The fraction of sp³-hybridized carbons (Fsp3) is 0.226. The number of anilines is 1. The number of hydrogen-bond donors (Lipinski definition) is 2. The molecule has 0 saturated heterocycles. The summed E-state index contributed by atoms with van der Waals surface area (Å²) in [6.45, 7) is 0. The average Bonchev–Trinajstić information content (AvgIpc) is 2.96. The van der Waals surface area contributed by atoms with Gasteiger partial charge in [-0.2, -0.15) is 0 Å². The van der Waals surface area contributed by atoms with Gasteiger partial charge < -0.3 is 19.3 Å². The van der Waals surface area contributed by atoms with Crippen LogP contribution < -0.4 is 19.1 Å². The number of Topliss-reactive ketones (excluding diaryl/α,β-unsaturated/α-hetero) is 1. The van der Waals surface area contributed by atoms with Crippen LogP contribution in [0, 0.1) is 5.41 Å². The minimum atomic E-state index is -0.757. The Kier molecular flexibility index (Phi) is 7.35. The van der Waals surface area contributed by atoms with Crippen molar-refractivity contribution in [2.75, 3.05) is 26.2 Å². The number of ketones is 1. The number of carbonyl (C=O) groups is 1. The summed E-state index contributed by atoms with van der Waals surface area (Å²) in [6, 6.07) is 19.8. The third kappa shape index (κ3) is 4.53. The Labute approximate surface area is 232 Å². The zero-order valence-electron chi connectivity index (χ0n) is 22.0. The molecule has 2 N–H and O–H groups in total. The highest BCUT2D eigenvalue weighted by atomic mass is 35.5. The Balaban J connectivity index is 1.88. The number of halogens is 1. The molecule has 0 saturated carbocycles. The minimum absolute atomic E-state index is 0.0386. The topological polar surface area (TPSA) is 92.1 Å². The number of nitrogens with one attached hydrogen (secondary N) is 1. The molecule has 1 aliphatic carbocycles. The van der Waals surface area contributed by atoms with Crippen molar-refractivity contribution >= 4 is 34.7 Å². The van der Waals surface area contributed by atoms with Gasteiger partial charge in [0.05, 0.1) is 32.0 Å². The fourth-order valence-electron chi connectivity index (χ4n) is 5.44. The maximum atomic E-state index is 13.7. The van der Waals surface area contributed by atoms with Crippen LogP contribution in [0.4, 0.5) is 5.69 Å². The van der Waals surface area contributed by atoms with Crippen LogP contribution in [0.1, 0.15) is 36.3 Å². The predicted octanol–water partition coefficient (Wildman–Crippen LogP) is 6.92. The van der Waals surface area contributed by atoms with E-state index in [1.807, 2.05) is 36.4 Å². The zero-order chi connectivity index (χ0) is 27.7. The number of rotatable bonds is 6. The molecule has 1 aliphatic heterocycles. The molecule has 8 heteroatoms. The van der Waals surface area contributed by atoms with E-state index in [1.54, 1.807) is 35.2 Å². The van der Waals surface area contributed by atoms with Gasteiger partial charge in [0.15, 0.2) is 17.3 Å². The third-order valence-corrected chi connectivity index (χ3v) is 7.49. The molecule has 3 aromatic rings. The highest BCUT2D eigenvalue weighted by Gasteiger charge is 2.44. The first-order valence-corrected chi connectivity index (χ1v) is 13.0. The highest BCUT2D eigenvalue weighted by molar-refractivity contribution is 6.34. The predicted molar refractivity (Wildman–Crippen MR) is 152 cm³/mol. The van der Waals surface area contributed by atoms with Crippen LogP contribution in [0.3, 0.4) is 0 Å². The van der Waals surface area contributed by atoms with Gasteiger partial charge in [-0.05, 0) is 42.7 Å². The maximum Gasteiger partial charge on any atom is 0.203 e. The lowest BCUT2D eigenvalue weighted by molar-refractivity contribution is -0.116. The Morgan fingerprint density at radius 2 is 1.59 bits per heavy atom. The second-order valence-corrected chi connectivity index (χ2v) is 9.70. The lowest BCUT2D eigenvalue weighted by Gasteiger charge is -2.42. The summed E-state index contributed by atoms with van der Waals surface area (Å²) in [5.74, 6) is 0.380. The molecule has 1 unspecified atom stereocenters. The molecule has 0 bridgehead atoms. The molecule has 0 amide bonds. The molecule has 0 fully saturated rings. The van der Waals surface area contributed by atoms with Gasteiger partial charge in [0.2, 0.25) is 5.75 Å². The van der Waals surface area contributed by atoms with Crippen LogP contribution in [-0.4, -0.2) is 38.1 Å². The van der Waals surface area contributed by atoms with E-state index < -0.39 is 5.92 Å². The van der Waals surface area contributed by atoms with Crippen LogP contribution in [0.2, 0.25) is 5.02 Å². The molecule has 3 aromatic carbocycles. The van der Waals surface area contributed by atoms with E-state index in [-0.39, 0.29) is 23.0 Å². The van der Waals surface area contributed by atoms with Crippen molar-refractivity contribution in [3.8, 4) is 17.2 Å². The van der Waals surface area contributed by atoms with Gasteiger partial charge in [0.1, 0.15) is 11.6 Å². The fourth-order valence-corrected chi connectivity index (χ4v) is 5.66. The van der Waals surface area contributed by atoms with Gasteiger partial charge in [-0.1, -0.05) is 54.1 Å². The molecule has 39 heavy (non-hydrogen) atoms. The van der Waals surface area contributed by atoms with Crippen molar-refractivity contribution in [2.24, 2.45) is 0 Å². The summed E-state index contributed by atoms with van der Waals surface area (Å²) in [5.41, 5.74) is 3.24. The molecule has 0 aromatic heterocycles. The third-order valence-electron chi connectivity index (χ3n) is 7.17. The van der Waals surface area contributed by atoms with E-state index in [0.29, 0.717) is 69.6 Å². The van der Waals surface area contributed by atoms with Gasteiger partial charge in [-0.3, -0.25) is 15.1 Å². The summed E-state index contributed by atoms with van der Waals surface area (Å²) < 4.78 is 16.8. The number of ether oxygens (including phenoxy) is 3. The van der Waals surface area contributed by atoms with Crippen LogP contribution in [0.5, 0.6) is 17.2 Å². The number of amidine groups is 1. The quantitative estimate of drug-likeness (QED) is 0.327. The summed E-state index contributed by atoms with van der Waals surface area (Å²) >= 11 is 6.63. The number of nitrogens with zero attached hydrogens (tertiary/aromatic N) is 1. The number of aliphatic hydroxyl groups is 1. The molecule has 0 radical (unpaired) electrons. The lowest BCUT2D eigenvalue weighted by Crippen LogP contribution is -2.42. The highest BCUT2D eigenvalue weighted by Crippen LogP contribution is 2.51. The van der Waals surface area contributed by atoms with Gasteiger partial charge in [0, 0.05) is 34.7 Å². The molecular weight excluding hydrogens is 516 g/mol. The Morgan fingerprint density at radius 3 is 2.21 bits per heavy atom. The molecule has 2 aliphatic rings. The summed E-state index contributed by atoms with van der Waals surface area (Å²) in [5, 5.41) is 21.7. The van der Waals surface area contributed by atoms with E-state index in [9.17, 15) is 15.3 Å². The van der Waals surface area contributed by atoms with Gasteiger partial charge in [-0.15, -0.1) is 0 Å². The largest absolute Gasteiger partial charge is 0.507 e. The second-order valence-electron chi connectivity index (χ2n) is 9.29. The van der Waals surface area contributed by atoms with Gasteiger partial charge >= 0.3 is 0 Å². The van der Waals surface area contributed by atoms with Crippen LogP contribution in [0.15, 0.2) is 83.6 Å². The molecule has 1 heterocycles. The number of para-hydroxylation sites is 1. The van der Waals surface area contributed by atoms with E-state index >= 15 is 0 Å². The second kappa shape index (κ2) is 10.9. The summed E-state index contributed by atoms with van der Waals surface area (Å²) in [6.07, 6.45) is 1.59. The number of carbonyl (C=O) groups excluding carboxylic acids is 1. The first-order chi connectivity index (χ1) is 18.9. The number of methoxy groups -OCH3 is 3. The Bertz CT molecular complexity index is 1490. The van der Waals surface area contributed by atoms with Crippen molar-refractivity contribution in [3.05, 3.63) is 99.7 Å². The minimum Gasteiger partial charge on any atom is -0.507 e. The van der Waals surface area contributed by atoms with E-state index in [2.05, 4.69) is 0 Å². The number of allylic oxidation sites excluding steroid dienone is 2. The van der Waals surface area contributed by atoms with Crippen LogP contribution in [0.25, 0.3) is 5.76 Å². The Morgan fingerprint density at radius 1 is 0.949 bits per heavy atom. The standard InChI is InChI=1S/C31H29ClN2O5/c1-37-24-16-19(17-25(38-2)30(24)39-3)26-27-22(14-9-15-23(27)35)34(21-13-8-7-12-20(21)32)31(33)28(26)29(36)18-10-5-4-6-11-18/h4-8,10-13,16-17,26,33,36H,9,14-15H2,1-3H3/b29-28+,33-31?. The van der Waals surface area contributed by atoms with E-state index in [1.165, 1.54) is 21.3 Å². The van der Waals surface area contributed by atoms with Gasteiger partial charge in [0.25, 0.3) is 0 Å². The summed E-state index contributed by atoms with van der Waals surface area (Å²) in [7, 11) is 4.57. The molecular formula is C31H29ClN2O5. The normalized spacial score (nSPS) is 18.6. The maximum absolute atomic E-state index is 13.7. The van der Waals surface area contributed by atoms with Crippen LogP contribution in [-0.2, 0) is 4.79 Å². The van der Waals surface area contributed by atoms with Crippen LogP contribution >= 0.6 is 11.6 Å². The zero-order valence-corrected chi connectivity index (χ0v) is 22.7. The molecule has 1 atom stereocenters. The summed E-state index contributed by atoms with van der Waals surface area (Å²) in [4.78, 5) is 15.4. The number of benzene rings is 3. The monoisotopic (exact) mass is 544 g/mol. The first-order valence-electron chi connectivity index (χ1n) is 12.6. The smallest absolute Gasteiger partial charge is 0.203 e.